The summed E-state index contributed by atoms with van der Waals surface area (Å²) in [5.41, 5.74) is 2.35. The molecule has 0 amide bonds. The van der Waals surface area contributed by atoms with Crippen molar-refractivity contribution in [1.82, 2.24) is 0 Å². The van der Waals surface area contributed by atoms with Crippen molar-refractivity contribution >= 4 is 23.1 Å². The summed E-state index contributed by atoms with van der Waals surface area (Å²) in [6.07, 6.45) is 0.746. The quantitative estimate of drug-likeness (QED) is 0.930. The summed E-state index contributed by atoms with van der Waals surface area (Å²) in [4.78, 5) is 4.74. The van der Waals surface area contributed by atoms with Gasteiger partial charge in [0.1, 0.15) is 5.75 Å². The van der Waals surface area contributed by atoms with E-state index < -0.39 is 0 Å². The number of rotatable bonds is 4. The second kappa shape index (κ2) is 5.77. The van der Waals surface area contributed by atoms with Crippen molar-refractivity contribution < 1.29 is 9.84 Å². The Morgan fingerprint density at radius 3 is 2.70 bits per heavy atom. The van der Waals surface area contributed by atoms with Gasteiger partial charge < -0.3 is 14.7 Å². The molecular formula is C16H17NO2S. The minimum atomic E-state index is 0.200. The standard InChI is InChI=1S/C16H17NO2S/c1-19-12-7-8-16-14(11-12)17(9-4-10-18)13-5-2-3-6-15(13)20-16/h2-3,5-8,11,18H,4,9-10H2,1H3. The molecule has 0 radical (unpaired) electrons. The molecule has 2 aromatic rings. The van der Waals surface area contributed by atoms with E-state index in [-0.39, 0.29) is 6.61 Å². The molecule has 1 N–H and O–H groups in total. The van der Waals surface area contributed by atoms with Gasteiger partial charge in [0.05, 0.1) is 18.5 Å². The van der Waals surface area contributed by atoms with Gasteiger partial charge in [-0.1, -0.05) is 23.9 Å². The maximum absolute atomic E-state index is 9.14. The minimum Gasteiger partial charge on any atom is -0.497 e. The third kappa shape index (κ3) is 2.37. The Labute approximate surface area is 123 Å². The van der Waals surface area contributed by atoms with E-state index in [1.165, 1.54) is 15.5 Å². The highest BCUT2D eigenvalue weighted by molar-refractivity contribution is 7.99. The van der Waals surface area contributed by atoms with Gasteiger partial charge in [-0.2, -0.15) is 0 Å². The second-order valence-electron chi connectivity index (χ2n) is 4.63. The molecule has 4 heteroatoms. The Morgan fingerprint density at radius 1 is 1.10 bits per heavy atom. The van der Waals surface area contributed by atoms with E-state index in [4.69, 9.17) is 9.84 Å². The molecule has 0 aliphatic carbocycles. The Hall–Kier alpha value is -1.65. The van der Waals surface area contributed by atoms with Crippen LogP contribution >= 0.6 is 11.8 Å². The van der Waals surface area contributed by atoms with E-state index in [0.29, 0.717) is 0 Å². The summed E-state index contributed by atoms with van der Waals surface area (Å²) in [5, 5.41) is 9.14. The van der Waals surface area contributed by atoms with Crippen molar-refractivity contribution in [1.29, 1.82) is 0 Å². The number of aliphatic hydroxyl groups is 1. The summed E-state index contributed by atoms with van der Waals surface area (Å²) in [5.74, 6) is 0.859. The number of aliphatic hydroxyl groups excluding tert-OH is 1. The number of fused-ring (bicyclic) bond motifs is 2. The van der Waals surface area contributed by atoms with E-state index in [1.54, 1.807) is 18.9 Å². The van der Waals surface area contributed by atoms with Gasteiger partial charge >= 0.3 is 0 Å². The number of benzene rings is 2. The predicted molar refractivity (Wildman–Crippen MR) is 82.3 cm³/mol. The van der Waals surface area contributed by atoms with Gasteiger partial charge in [0.25, 0.3) is 0 Å². The first-order valence-electron chi connectivity index (χ1n) is 6.67. The molecule has 0 saturated heterocycles. The maximum atomic E-state index is 9.14. The lowest BCUT2D eigenvalue weighted by Crippen LogP contribution is -2.22. The lowest BCUT2D eigenvalue weighted by molar-refractivity contribution is 0.290. The largest absolute Gasteiger partial charge is 0.497 e. The van der Waals surface area contributed by atoms with Crippen LogP contribution in [-0.2, 0) is 0 Å². The van der Waals surface area contributed by atoms with Crippen molar-refractivity contribution in [2.45, 2.75) is 16.2 Å². The van der Waals surface area contributed by atoms with Crippen LogP contribution in [0.1, 0.15) is 6.42 Å². The van der Waals surface area contributed by atoms with Crippen molar-refractivity contribution in [3.05, 3.63) is 42.5 Å². The number of anilines is 2. The molecule has 0 aromatic heterocycles. The van der Waals surface area contributed by atoms with Gasteiger partial charge in [-0.05, 0) is 30.7 Å². The van der Waals surface area contributed by atoms with E-state index in [9.17, 15) is 0 Å². The third-order valence-electron chi connectivity index (χ3n) is 3.37. The van der Waals surface area contributed by atoms with Gasteiger partial charge in [-0.25, -0.2) is 0 Å². The highest BCUT2D eigenvalue weighted by atomic mass is 32.2. The fourth-order valence-corrected chi connectivity index (χ4v) is 3.48. The van der Waals surface area contributed by atoms with E-state index in [0.717, 1.165) is 24.4 Å². The SMILES string of the molecule is COc1ccc2c(c1)N(CCCO)c1ccccc1S2. The lowest BCUT2D eigenvalue weighted by Gasteiger charge is -2.32. The maximum Gasteiger partial charge on any atom is 0.121 e. The fraction of sp³-hybridized carbons (Fsp3) is 0.250. The van der Waals surface area contributed by atoms with E-state index >= 15 is 0 Å². The molecule has 0 atom stereocenters. The van der Waals surface area contributed by atoms with E-state index in [2.05, 4.69) is 41.3 Å². The first kappa shape index (κ1) is 13.3. The number of methoxy groups -OCH3 is 1. The Balaban J connectivity index is 2.06. The summed E-state index contributed by atoms with van der Waals surface area (Å²) in [6, 6.07) is 14.5. The first-order chi connectivity index (χ1) is 9.83. The smallest absolute Gasteiger partial charge is 0.121 e. The van der Waals surface area contributed by atoms with Crippen LogP contribution in [0, 0.1) is 0 Å². The Morgan fingerprint density at radius 2 is 1.90 bits per heavy atom. The molecule has 3 rings (SSSR count). The van der Waals surface area contributed by atoms with Gasteiger partial charge in [0.2, 0.25) is 0 Å². The second-order valence-corrected chi connectivity index (χ2v) is 5.72. The summed E-state index contributed by atoms with van der Waals surface area (Å²) in [6.45, 7) is 0.999. The fourth-order valence-electron chi connectivity index (χ4n) is 2.41. The van der Waals surface area contributed by atoms with Crippen molar-refractivity contribution in [2.24, 2.45) is 0 Å². The normalized spacial score (nSPS) is 12.8. The predicted octanol–water partition coefficient (Wildman–Crippen LogP) is 3.68. The molecule has 2 aromatic carbocycles. The van der Waals surface area contributed by atoms with Gasteiger partial charge in [0.15, 0.2) is 0 Å². The van der Waals surface area contributed by atoms with Crippen molar-refractivity contribution in [2.75, 3.05) is 25.2 Å². The van der Waals surface area contributed by atoms with Gasteiger partial charge in [-0.15, -0.1) is 0 Å². The van der Waals surface area contributed by atoms with Gasteiger partial charge in [-0.3, -0.25) is 0 Å². The topological polar surface area (TPSA) is 32.7 Å². The zero-order chi connectivity index (χ0) is 13.9. The van der Waals surface area contributed by atoms with Crippen LogP contribution < -0.4 is 9.64 Å². The number of nitrogens with zero attached hydrogens (tertiary/aromatic N) is 1. The van der Waals surface area contributed by atoms with E-state index in [1.807, 2.05) is 6.07 Å². The Kier molecular flexibility index (Phi) is 3.85. The molecular weight excluding hydrogens is 270 g/mol. The Bertz CT molecular complexity index is 615. The lowest BCUT2D eigenvalue weighted by atomic mass is 10.2. The van der Waals surface area contributed by atoms with Crippen molar-refractivity contribution in [3.63, 3.8) is 0 Å². The number of para-hydroxylation sites is 1. The molecule has 0 unspecified atom stereocenters. The average Bonchev–Trinajstić information content (AvgIpc) is 2.51. The molecule has 0 fully saturated rings. The highest BCUT2D eigenvalue weighted by Gasteiger charge is 2.23. The molecule has 1 aliphatic heterocycles. The minimum absolute atomic E-state index is 0.200. The molecule has 104 valence electrons. The average molecular weight is 287 g/mol. The number of ether oxygens (including phenoxy) is 1. The zero-order valence-electron chi connectivity index (χ0n) is 11.4. The monoisotopic (exact) mass is 287 g/mol. The zero-order valence-corrected chi connectivity index (χ0v) is 12.2. The molecule has 20 heavy (non-hydrogen) atoms. The molecule has 1 heterocycles. The summed E-state index contributed by atoms with van der Waals surface area (Å²) in [7, 11) is 1.68. The van der Waals surface area contributed by atoms with Gasteiger partial charge in [0, 0.05) is 29.0 Å². The van der Waals surface area contributed by atoms with Crippen LogP contribution in [0.5, 0.6) is 5.75 Å². The molecule has 3 nitrogen and oxygen atoms in total. The first-order valence-corrected chi connectivity index (χ1v) is 7.48. The number of hydrogen-bond donors (Lipinski definition) is 1. The van der Waals surface area contributed by atoms with Crippen LogP contribution in [0.15, 0.2) is 52.3 Å². The van der Waals surface area contributed by atoms with Crippen LogP contribution in [-0.4, -0.2) is 25.4 Å². The van der Waals surface area contributed by atoms with Crippen molar-refractivity contribution in [3.8, 4) is 5.75 Å². The molecule has 1 aliphatic rings. The van der Waals surface area contributed by atoms with Crippen LogP contribution in [0.4, 0.5) is 11.4 Å². The summed E-state index contributed by atoms with van der Waals surface area (Å²) >= 11 is 1.78. The molecule has 0 spiro atoms. The highest BCUT2D eigenvalue weighted by Crippen LogP contribution is 2.48. The molecule has 0 saturated carbocycles. The summed E-state index contributed by atoms with van der Waals surface area (Å²) < 4.78 is 5.34. The van der Waals surface area contributed by atoms with Crippen LogP contribution in [0.2, 0.25) is 0 Å². The third-order valence-corrected chi connectivity index (χ3v) is 4.50. The van der Waals surface area contributed by atoms with Crippen LogP contribution in [0.3, 0.4) is 0 Å². The van der Waals surface area contributed by atoms with Crippen LogP contribution in [0.25, 0.3) is 0 Å². The molecule has 0 bridgehead atoms. The number of hydrogen-bond acceptors (Lipinski definition) is 4.